The number of hydrogen-bond acceptors (Lipinski definition) is 5. The molecule has 0 aliphatic carbocycles. The van der Waals surface area contributed by atoms with Gasteiger partial charge in [-0.1, -0.05) is 31.2 Å². The van der Waals surface area contributed by atoms with E-state index in [4.69, 9.17) is 10.2 Å². The van der Waals surface area contributed by atoms with Crippen LogP contribution in [-0.4, -0.2) is 53.1 Å². The van der Waals surface area contributed by atoms with Gasteiger partial charge in [0.1, 0.15) is 12.3 Å². The summed E-state index contributed by atoms with van der Waals surface area (Å²) in [7, 11) is 0. The van der Waals surface area contributed by atoms with Crippen LogP contribution in [0.3, 0.4) is 0 Å². The number of rotatable bonds is 10. The lowest BCUT2D eigenvalue weighted by Crippen LogP contribution is -2.37. The van der Waals surface area contributed by atoms with Gasteiger partial charge < -0.3 is 15.0 Å². The SMILES string of the molecule is CCN(CCO)Cc1ccc(C(C=O)NC(C)C(=O)O)cc1. The number of aldehydes is 1. The topological polar surface area (TPSA) is 89.9 Å². The molecule has 122 valence electrons. The number of aliphatic hydroxyl groups is 1. The number of carboxylic acids is 1. The van der Waals surface area contributed by atoms with E-state index in [-0.39, 0.29) is 6.61 Å². The van der Waals surface area contributed by atoms with E-state index < -0.39 is 18.1 Å². The summed E-state index contributed by atoms with van der Waals surface area (Å²) in [6, 6.07) is 6.04. The number of aliphatic carboxylic acids is 1. The van der Waals surface area contributed by atoms with Crippen molar-refractivity contribution >= 4 is 12.3 Å². The van der Waals surface area contributed by atoms with Crippen LogP contribution in [0.5, 0.6) is 0 Å². The van der Waals surface area contributed by atoms with Crippen molar-refractivity contribution in [2.24, 2.45) is 0 Å². The fourth-order valence-corrected chi connectivity index (χ4v) is 2.13. The Morgan fingerprint density at radius 1 is 1.36 bits per heavy atom. The number of hydrogen-bond donors (Lipinski definition) is 3. The molecule has 0 spiro atoms. The number of nitrogens with one attached hydrogen (secondary N) is 1. The summed E-state index contributed by atoms with van der Waals surface area (Å²) >= 11 is 0. The second-order valence-corrected chi connectivity index (χ2v) is 5.17. The average molecular weight is 308 g/mol. The van der Waals surface area contributed by atoms with Crippen LogP contribution in [0.4, 0.5) is 0 Å². The Bertz CT molecular complexity index is 476. The lowest BCUT2D eigenvalue weighted by Gasteiger charge is -2.20. The highest BCUT2D eigenvalue weighted by molar-refractivity contribution is 5.74. The molecule has 0 bridgehead atoms. The summed E-state index contributed by atoms with van der Waals surface area (Å²) < 4.78 is 0. The molecule has 0 radical (unpaired) electrons. The molecule has 22 heavy (non-hydrogen) atoms. The largest absolute Gasteiger partial charge is 0.480 e. The first-order valence-electron chi connectivity index (χ1n) is 7.38. The second kappa shape index (κ2) is 9.30. The minimum Gasteiger partial charge on any atom is -0.480 e. The number of aliphatic hydroxyl groups excluding tert-OH is 1. The highest BCUT2D eigenvalue weighted by Crippen LogP contribution is 2.14. The van der Waals surface area contributed by atoms with Gasteiger partial charge in [0, 0.05) is 13.1 Å². The molecular formula is C16H24N2O4. The van der Waals surface area contributed by atoms with Crippen LogP contribution >= 0.6 is 0 Å². The fraction of sp³-hybridized carbons (Fsp3) is 0.500. The molecule has 0 saturated carbocycles. The second-order valence-electron chi connectivity index (χ2n) is 5.17. The number of benzene rings is 1. The van der Waals surface area contributed by atoms with Gasteiger partial charge >= 0.3 is 5.97 Å². The molecule has 0 amide bonds. The lowest BCUT2D eigenvalue weighted by atomic mass is 10.0. The standard InChI is InChI=1S/C16H24N2O4/c1-3-18(8-9-19)10-13-4-6-14(7-5-13)15(11-20)17-12(2)16(21)22/h4-7,11-12,15,17,19H,3,8-10H2,1-2H3,(H,21,22). The molecule has 6 nitrogen and oxygen atoms in total. The average Bonchev–Trinajstić information content (AvgIpc) is 2.52. The van der Waals surface area contributed by atoms with Gasteiger partial charge in [-0.15, -0.1) is 0 Å². The molecule has 2 atom stereocenters. The predicted octanol–water partition coefficient (Wildman–Crippen LogP) is 0.804. The van der Waals surface area contributed by atoms with Crippen LogP contribution < -0.4 is 5.32 Å². The molecule has 0 aliphatic heterocycles. The van der Waals surface area contributed by atoms with Crippen molar-refractivity contribution in [1.29, 1.82) is 0 Å². The molecule has 1 rings (SSSR count). The van der Waals surface area contributed by atoms with Crippen molar-refractivity contribution < 1.29 is 19.8 Å². The van der Waals surface area contributed by atoms with Crippen molar-refractivity contribution in [3.63, 3.8) is 0 Å². The van der Waals surface area contributed by atoms with Crippen molar-refractivity contribution in [2.75, 3.05) is 19.7 Å². The summed E-state index contributed by atoms with van der Waals surface area (Å²) in [5.74, 6) is -0.994. The van der Waals surface area contributed by atoms with Gasteiger partial charge in [0.25, 0.3) is 0 Å². The van der Waals surface area contributed by atoms with Crippen LogP contribution in [0.2, 0.25) is 0 Å². The predicted molar refractivity (Wildman–Crippen MR) is 83.5 cm³/mol. The maximum Gasteiger partial charge on any atom is 0.320 e. The number of likely N-dealkylation sites (N-methyl/N-ethyl adjacent to an activating group) is 1. The smallest absolute Gasteiger partial charge is 0.320 e. The van der Waals surface area contributed by atoms with Gasteiger partial charge in [-0.25, -0.2) is 0 Å². The molecule has 6 heteroatoms. The first kappa shape index (κ1) is 18.3. The fourth-order valence-electron chi connectivity index (χ4n) is 2.13. The first-order chi connectivity index (χ1) is 10.5. The summed E-state index contributed by atoms with van der Waals surface area (Å²) in [6.45, 7) is 5.84. The van der Waals surface area contributed by atoms with E-state index in [1.165, 1.54) is 6.92 Å². The van der Waals surface area contributed by atoms with Gasteiger partial charge in [-0.3, -0.25) is 15.0 Å². The Labute approximate surface area is 130 Å². The van der Waals surface area contributed by atoms with Crippen molar-refractivity contribution in [3.05, 3.63) is 35.4 Å². The summed E-state index contributed by atoms with van der Waals surface area (Å²) in [6.07, 6.45) is 0.707. The zero-order valence-corrected chi connectivity index (χ0v) is 13.0. The Morgan fingerprint density at radius 3 is 2.45 bits per heavy atom. The third-order valence-electron chi connectivity index (χ3n) is 3.54. The normalized spacial score (nSPS) is 13.8. The van der Waals surface area contributed by atoms with Crippen LogP contribution in [-0.2, 0) is 16.1 Å². The number of nitrogens with zero attached hydrogens (tertiary/aromatic N) is 1. The summed E-state index contributed by atoms with van der Waals surface area (Å²) in [5, 5.41) is 20.6. The van der Waals surface area contributed by atoms with Crippen LogP contribution in [0.15, 0.2) is 24.3 Å². The highest BCUT2D eigenvalue weighted by Gasteiger charge is 2.17. The number of carboxylic acid groups (broad SMARTS) is 1. The van der Waals surface area contributed by atoms with E-state index in [0.717, 1.165) is 24.2 Å². The Kier molecular flexibility index (Phi) is 7.73. The molecule has 0 saturated heterocycles. The minimum absolute atomic E-state index is 0.121. The minimum atomic E-state index is -0.994. The molecule has 0 fully saturated rings. The van der Waals surface area contributed by atoms with Crippen molar-refractivity contribution in [1.82, 2.24) is 10.2 Å². The number of carbonyl (C=O) groups excluding carboxylic acids is 1. The first-order valence-corrected chi connectivity index (χ1v) is 7.38. The van der Waals surface area contributed by atoms with Gasteiger partial charge in [-0.05, 0) is 24.6 Å². The molecule has 2 unspecified atom stereocenters. The zero-order valence-electron chi connectivity index (χ0n) is 13.0. The van der Waals surface area contributed by atoms with Crippen molar-refractivity contribution in [2.45, 2.75) is 32.5 Å². The quantitative estimate of drug-likeness (QED) is 0.554. The molecule has 0 heterocycles. The molecule has 1 aromatic carbocycles. The molecule has 0 aliphatic rings. The summed E-state index contributed by atoms with van der Waals surface area (Å²) in [4.78, 5) is 24.1. The summed E-state index contributed by atoms with van der Waals surface area (Å²) in [5.41, 5.74) is 1.81. The lowest BCUT2D eigenvalue weighted by molar-refractivity contribution is -0.139. The Balaban J connectivity index is 2.73. The third-order valence-corrected chi connectivity index (χ3v) is 3.54. The van der Waals surface area contributed by atoms with E-state index in [9.17, 15) is 9.59 Å². The Hall–Kier alpha value is -1.76. The van der Waals surface area contributed by atoms with Gasteiger partial charge in [0.2, 0.25) is 0 Å². The van der Waals surface area contributed by atoms with Gasteiger partial charge in [0.05, 0.1) is 12.6 Å². The van der Waals surface area contributed by atoms with Crippen molar-refractivity contribution in [3.8, 4) is 0 Å². The van der Waals surface area contributed by atoms with E-state index in [1.54, 1.807) is 0 Å². The highest BCUT2D eigenvalue weighted by atomic mass is 16.4. The molecular weight excluding hydrogens is 284 g/mol. The van der Waals surface area contributed by atoms with E-state index in [0.29, 0.717) is 12.8 Å². The molecule has 0 aromatic heterocycles. The van der Waals surface area contributed by atoms with E-state index in [1.807, 2.05) is 31.2 Å². The third kappa shape index (κ3) is 5.55. The van der Waals surface area contributed by atoms with E-state index in [2.05, 4.69) is 10.2 Å². The zero-order chi connectivity index (χ0) is 16.5. The monoisotopic (exact) mass is 308 g/mol. The van der Waals surface area contributed by atoms with Gasteiger partial charge in [0.15, 0.2) is 0 Å². The maximum atomic E-state index is 11.2. The van der Waals surface area contributed by atoms with E-state index >= 15 is 0 Å². The Morgan fingerprint density at radius 2 is 2.00 bits per heavy atom. The molecule has 3 N–H and O–H groups in total. The van der Waals surface area contributed by atoms with Crippen LogP contribution in [0, 0.1) is 0 Å². The van der Waals surface area contributed by atoms with Crippen LogP contribution in [0.1, 0.15) is 31.0 Å². The molecule has 1 aromatic rings. The van der Waals surface area contributed by atoms with Crippen LogP contribution in [0.25, 0.3) is 0 Å². The maximum absolute atomic E-state index is 11.2. The number of carbonyl (C=O) groups is 2. The van der Waals surface area contributed by atoms with Gasteiger partial charge in [-0.2, -0.15) is 0 Å².